The molecule has 0 N–H and O–H groups in total. The summed E-state index contributed by atoms with van der Waals surface area (Å²) < 4.78 is 6.51. The number of morpholine rings is 1. The van der Waals surface area contributed by atoms with Gasteiger partial charge in [-0.3, -0.25) is 40.5 Å². The van der Waals surface area contributed by atoms with Crippen LogP contribution in [0, 0.1) is 44.0 Å². The smallest absolute Gasteiger partial charge is 0.288 e. The van der Waals surface area contributed by atoms with Crippen LogP contribution in [0.4, 0.5) is 39.9 Å². The van der Waals surface area contributed by atoms with E-state index in [1.165, 1.54) is 24.3 Å². The topological polar surface area (TPSA) is 204 Å². The lowest BCUT2D eigenvalue weighted by Crippen LogP contribution is -2.36. The molecule has 7 aromatic rings. The molecule has 1 aromatic heterocycles. The zero-order valence-electron chi connectivity index (χ0n) is 39.4. The summed E-state index contributed by atoms with van der Waals surface area (Å²) >= 11 is 26.5. The third kappa shape index (κ3) is 11.6. The molecule has 3 saturated heterocycles. The SMILES string of the molecule is O=[N+]([O-])c1cc(C2CC[C@H](c3ccc(Cl)c([N+](=O)[O-])c3)N2c2ccc(-c3ccc(N4CCOCC4)nc3)cc2)ccc1Cl.O=[N+]([O-])c1cc(C2CC[C@H](c3ccc(Cl)c([N+](=O)[O-])c3)N2c2ccc(I)cc2)ccc1Cl. The normalized spacial score (nSPS) is 18.3. The molecule has 0 saturated carbocycles. The van der Waals surface area contributed by atoms with Gasteiger partial charge in [0.2, 0.25) is 0 Å². The molecule has 0 radical (unpaired) electrons. The van der Waals surface area contributed by atoms with E-state index in [1.807, 2.05) is 66.9 Å². The summed E-state index contributed by atoms with van der Waals surface area (Å²) in [7, 11) is 0. The van der Waals surface area contributed by atoms with Crippen molar-refractivity contribution in [1.29, 1.82) is 0 Å². The highest BCUT2D eigenvalue weighted by Gasteiger charge is 2.39. The van der Waals surface area contributed by atoms with Gasteiger partial charge in [0.25, 0.3) is 22.7 Å². The summed E-state index contributed by atoms with van der Waals surface area (Å²) in [6.07, 6.45) is 4.64. The molecule has 2 unspecified atom stereocenters. The van der Waals surface area contributed by atoms with Crippen LogP contribution in [0.5, 0.6) is 0 Å². The number of aromatic nitrogens is 1. The van der Waals surface area contributed by atoms with Crippen LogP contribution in [-0.4, -0.2) is 51.0 Å². The van der Waals surface area contributed by atoms with Crippen LogP contribution in [-0.2, 0) is 4.74 Å². The van der Waals surface area contributed by atoms with Gasteiger partial charge < -0.3 is 19.4 Å². The molecule has 0 spiro atoms. The lowest BCUT2D eigenvalue weighted by atomic mass is 10.0. The Morgan fingerprint density at radius 3 is 1.12 bits per heavy atom. The Labute approximate surface area is 463 Å². The molecule has 0 bridgehead atoms. The van der Waals surface area contributed by atoms with Crippen LogP contribution < -0.4 is 14.7 Å². The molecule has 3 fully saturated rings. The van der Waals surface area contributed by atoms with Crippen LogP contribution in [0.25, 0.3) is 11.1 Å². The van der Waals surface area contributed by atoms with Crippen molar-refractivity contribution in [2.24, 2.45) is 0 Å². The fraction of sp³-hybridized carbons (Fsp3) is 0.226. The molecule has 0 amide bonds. The number of hydrogen-bond acceptors (Lipinski definition) is 13. The number of nitro groups is 4. The Morgan fingerprint density at radius 1 is 0.467 bits per heavy atom. The van der Waals surface area contributed by atoms with E-state index in [4.69, 9.17) is 51.1 Å². The van der Waals surface area contributed by atoms with Gasteiger partial charge in [-0.2, -0.15) is 0 Å². The maximum absolute atomic E-state index is 11.7. The van der Waals surface area contributed by atoms with Crippen molar-refractivity contribution in [3.05, 3.63) is 226 Å². The second kappa shape index (κ2) is 23.1. The van der Waals surface area contributed by atoms with Crippen LogP contribution in [0.1, 0.15) is 72.1 Å². The first kappa shape index (κ1) is 53.2. The molecule has 4 atom stereocenters. The van der Waals surface area contributed by atoms with E-state index in [-0.39, 0.29) is 67.0 Å². The Hall–Kier alpha value is -6.68. The predicted octanol–water partition coefficient (Wildman–Crippen LogP) is 15.3. The highest BCUT2D eigenvalue weighted by atomic mass is 127. The summed E-state index contributed by atoms with van der Waals surface area (Å²) in [5, 5.41) is 46.5. The van der Waals surface area contributed by atoms with E-state index < -0.39 is 19.7 Å². The molecule has 384 valence electrons. The standard InChI is InChI=1S/C31H27Cl2N5O5.C22H16Cl2IN3O4/c32-25-8-3-21(17-29(25)37(39)40)27-10-11-28(22-4-9-26(33)30(18-22)38(41)42)36(27)24-6-1-20(2-7-24)23-5-12-31(34-19-23)35-13-15-43-16-14-35;23-17-7-1-13(11-21(17)27(29)30)19-9-10-20(26(19)16-5-3-15(25)4-6-16)14-2-8-18(24)22(12-14)28(31)32/h1-9,12,17-19,27-28H,10-11,13-16H2;1-8,11-12,19-20H,9-10H2/t27-,28?;19-,20?/m11/s1. The van der Waals surface area contributed by atoms with Gasteiger partial charge in [-0.1, -0.05) is 82.8 Å². The molecule has 0 aliphatic carbocycles. The van der Waals surface area contributed by atoms with Gasteiger partial charge in [-0.15, -0.1) is 0 Å². The molecule has 3 aliphatic rings. The van der Waals surface area contributed by atoms with Crippen molar-refractivity contribution in [3.8, 4) is 11.1 Å². The lowest BCUT2D eigenvalue weighted by Gasteiger charge is -2.33. The second-order valence-corrected chi connectivity index (χ2v) is 20.8. The van der Waals surface area contributed by atoms with Gasteiger partial charge in [0.15, 0.2) is 0 Å². The number of hydrogen-bond donors (Lipinski definition) is 0. The van der Waals surface area contributed by atoms with Gasteiger partial charge >= 0.3 is 0 Å². The van der Waals surface area contributed by atoms with Crippen LogP contribution in [0.15, 0.2) is 140 Å². The number of pyridine rings is 1. The van der Waals surface area contributed by atoms with Gasteiger partial charge in [-0.05, 0) is 149 Å². The summed E-state index contributed by atoms with van der Waals surface area (Å²) in [6, 6.07) is 38.7. The van der Waals surface area contributed by atoms with Crippen molar-refractivity contribution in [3.63, 3.8) is 0 Å². The van der Waals surface area contributed by atoms with Gasteiger partial charge in [0, 0.05) is 64.1 Å². The zero-order chi connectivity index (χ0) is 53.1. The first-order valence-electron chi connectivity index (χ1n) is 23.5. The Kier molecular flexibility index (Phi) is 16.3. The number of nitrogens with zero attached hydrogens (tertiary/aromatic N) is 8. The molecule has 3 aliphatic heterocycles. The fourth-order valence-electron chi connectivity index (χ4n) is 10.1. The quantitative estimate of drug-likeness (QED) is 0.0635. The number of rotatable bonds is 12. The minimum Gasteiger partial charge on any atom is -0.378 e. The Bertz CT molecular complexity index is 3160. The number of halogens is 5. The van der Waals surface area contributed by atoms with E-state index in [1.54, 1.807) is 48.5 Å². The first-order chi connectivity index (χ1) is 36.1. The van der Waals surface area contributed by atoms with Crippen molar-refractivity contribution >= 4 is 109 Å². The molecule has 22 heteroatoms. The van der Waals surface area contributed by atoms with Crippen LogP contribution >= 0.6 is 69.0 Å². The highest BCUT2D eigenvalue weighted by Crippen LogP contribution is 2.51. The fourth-order valence-corrected chi connectivity index (χ4v) is 11.2. The molecular weight excluding hydrogens is 1160 g/mol. The first-order valence-corrected chi connectivity index (χ1v) is 26.1. The molecule has 75 heavy (non-hydrogen) atoms. The maximum Gasteiger partial charge on any atom is 0.288 e. The van der Waals surface area contributed by atoms with Crippen molar-refractivity contribution in [2.45, 2.75) is 49.9 Å². The summed E-state index contributed by atoms with van der Waals surface area (Å²) in [4.78, 5) is 55.4. The number of benzene rings is 6. The minimum absolute atomic E-state index is 0.0702. The van der Waals surface area contributed by atoms with E-state index in [0.29, 0.717) is 38.9 Å². The zero-order valence-corrected chi connectivity index (χ0v) is 44.6. The maximum atomic E-state index is 11.7. The Balaban J connectivity index is 0.000000192. The third-order valence-electron chi connectivity index (χ3n) is 13.7. The van der Waals surface area contributed by atoms with Gasteiger partial charge in [0.1, 0.15) is 25.9 Å². The highest BCUT2D eigenvalue weighted by molar-refractivity contribution is 14.1. The van der Waals surface area contributed by atoms with Crippen molar-refractivity contribution in [1.82, 2.24) is 4.98 Å². The van der Waals surface area contributed by atoms with E-state index in [2.05, 4.69) is 42.3 Å². The van der Waals surface area contributed by atoms with Crippen molar-refractivity contribution in [2.75, 3.05) is 41.0 Å². The summed E-state index contributed by atoms with van der Waals surface area (Å²) in [6.45, 7) is 3.01. The van der Waals surface area contributed by atoms with Gasteiger partial charge in [-0.25, -0.2) is 4.98 Å². The van der Waals surface area contributed by atoms with Crippen LogP contribution in [0.3, 0.4) is 0 Å². The Morgan fingerprint density at radius 2 is 0.800 bits per heavy atom. The number of nitro benzene ring substituents is 4. The van der Waals surface area contributed by atoms with Gasteiger partial charge in [0.05, 0.1) is 57.1 Å². The van der Waals surface area contributed by atoms with E-state index in [9.17, 15) is 40.5 Å². The number of anilines is 3. The molecule has 6 aromatic carbocycles. The lowest BCUT2D eigenvalue weighted by molar-refractivity contribution is -0.384. The average Bonchev–Trinajstić information content (AvgIpc) is 4.07. The minimum atomic E-state index is -0.490. The monoisotopic (exact) mass is 1200 g/mol. The predicted molar refractivity (Wildman–Crippen MR) is 299 cm³/mol. The third-order valence-corrected chi connectivity index (χ3v) is 15.7. The summed E-state index contributed by atoms with van der Waals surface area (Å²) in [5.74, 6) is 0.917. The summed E-state index contributed by atoms with van der Waals surface area (Å²) in [5.41, 5.74) is 6.19. The van der Waals surface area contributed by atoms with Crippen LogP contribution in [0.2, 0.25) is 20.1 Å². The molecule has 4 heterocycles. The van der Waals surface area contributed by atoms with Crippen molar-refractivity contribution < 1.29 is 24.4 Å². The largest absolute Gasteiger partial charge is 0.378 e. The van der Waals surface area contributed by atoms with E-state index in [0.717, 1.165) is 67.2 Å². The molecular formula is C53H43Cl4IN8O9. The average molecular weight is 1200 g/mol. The molecule has 17 nitrogen and oxygen atoms in total. The number of ether oxygens (including phenoxy) is 1. The molecule has 10 rings (SSSR count). The second-order valence-electron chi connectivity index (χ2n) is 17.9. The van der Waals surface area contributed by atoms with E-state index >= 15 is 0 Å².